The average Bonchev–Trinajstić information content (AvgIpc) is 2.94. The van der Waals surface area contributed by atoms with Gasteiger partial charge in [-0.25, -0.2) is 4.39 Å². The molecular formula is C31H30ClFN2O4. The summed E-state index contributed by atoms with van der Waals surface area (Å²) in [7, 11) is 0. The summed E-state index contributed by atoms with van der Waals surface area (Å²) in [5.74, 6) is 0.584. The predicted molar refractivity (Wildman–Crippen MR) is 149 cm³/mol. The molecule has 6 nitrogen and oxygen atoms in total. The molecule has 202 valence electrons. The summed E-state index contributed by atoms with van der Waals surface area (Å²) in [6.45, 7) is 1.43. The van der Waals surface area contributed by atoms with Gasteiger partial charge >= 0.3 is 5.97 Å². The topological polar surface area (TPSA) is 85.0 Å². The van der Waals surface area contributed by atoms with E-state index < -0.39 is 12.0 Å². The number of aliphatic carboxylic acids is 1. The van der Waals surface area contributed by atoms with E-state index >= 15 is 0 Å². The lowest BCUT2D eigenvalue weighted by molar-refractivity contribution is -0.138. The van der Waals surface area contributed by atoms with Crippen molar-refractivity contribution in [1.82, 2.24) is 4.90 Å². The Bertz CT molecular complexity index is 1380. The lowest BCUT2D eigenvalue weighted by atomic mass is 10.1. The predicted octanol–water partition coefficient (Wildman–Crippen LogP) is 6.65. The number of hydrogen-bond acceptors (Lipinski definition) is 5. The van der Waals surface area contributed by atoms with Gasteiger partial charge in [0, 0.05) is 41.3 Å². The van der Waals surface area contributed by atoms with Gasteiger partial charge in [-0.15, -0.1) is 0 Å². The van der Waals surface area contributed by atoms with Crippen LogP contribution in [0.4, 0.5) is 4.39 Å². The molecule has 4 rings (SSSR count). The number of rotatable bonds is 13. The molecule has 0 saturated heterocycles. The minimum absolute atomic E-state index is 0.0886. The van der Waals surface area contributed by atoms with Gasteiger partial charge in [-0.1, -0.05) is 66.2 Å². The molecule has 0 saturated carbocycles. The van der Waals surface area contributed by atoms with Crippen LogP contribution in [0, 0.1) is 5.82 Å². The minimum Gasteiger partial charge on any atom is -0.488 e. The zero-order valence-corrected chi connectivity index (χ0v) is 22.1. The second kappa shape index (κ2) is 13.8. The lowest BCUT2D eigenvalue weighted by Crippen LogP contribution is -2.35. The number of carboxylic acid groups (broad SMARTS) is 1. The molecule has 0 aliphatic carbocycles. The van der Waals surface area contributed by atoms with Crippen LogP contribution < -0.4 is 15.2 Å². The fourth-order valence-corrected chi connectivity index (χ4v) is 4.18. The van der Waals surface area contributed by atoms with Crippen molar-refractivity contribution in [2.24, 2.45) is 5.73 Å². The van der Waals surface area contributed by atoms with Gasteiger partial charge in [0.15, 0.2) is 0 Å². The van der Waals surface area contributed by atoms with Gasteiger partial charge in [-0.05, 0) is 48.9 Å². The third-order valence-electron chi connectivity index (χ3n) is 6.19. The SMILES string of the molecule is N[C@@H](CCN(Cc1ccccc1OCc1ccccc1F)Cc1ccccc1Oc1ccc(Cl)cc1)C(=O)O. The van der Waals surface area contributed by atoms with Crippen molar-refractivity contribution >= 4 is 17.6 Å². The molecule has 0 amide bonds. The Hall–Kier alpha value is -3.91. The second-order valence-corrected chi connectivity index (χ2v) is 9.53. The number of nitrogens with two attached hydrogens (primary N) is 1. The van der Waals surface area contributed by atoms with E-state index in [1.165, 1.54) is 6.07 Å². The average molecular weight is 549 g/mol. The molecule has 8 heteroatoms. The first-order valence-corrected chi connectivity index (χ1v) is 12.9. The molecule has 0 fully saturated rings. The summed E-state index contributed by atoms with van der Waals surface area (Å²) < 4.78 is 26.3. The number of carboxylic acids is 1. The molecule has 0 spiro atoms. The fraction of sp³-hybridized carbons (Fsp3) is 0.194. The maximum atomic E-state index is 14.1. The van der Waals surface area contributed by atoms with Crippen molar-refractivity contribution in [1.29, 1.82) is 0 Å². The Balaban J connectivity index is 1.54. The lowest BCUT2D eigenvalue weighted by Gasteiger charge is -2.25. The van der Waals surface area contributed by atoms with E-state index in [1.54, 1.807) is 42.5 Å². The van der Waals surface area contributed by atoms with Gasteiger partial charge < -0.3 is 20.3 Å². The van der Waals surface area contributed by atoms with Crippen LogP contribution in [0.1, 0.15) is 23.1 Å². The molecule has 0 aliphatic heterocycles. The first-order valence-electron chi connectivity index (χ1n) is 12.5. The quantitative estimate of drug-likeness (QED) is 0.194. The van der Waals surface area contributed by atoms with Gasteiger partial charge in [-0.3, -0.25) is 9.69 Å². The minimum atomic E-state index is -1.05. The number of nitrogens with zero attached hydrogens (tertiary/aromatic N) is 1. The Morgan fingerprint density at radius 3 is 2.05 bits per heavy atom. The summed E-state index contributed by atoms with van der Waals surface area (Å²) in [5, 5.41) is 9.94. The number of carbonyl (C=O) groups is 1. The Morgan fingerprint density at radius 2 is 1.41 bits per heavy atom. The first-order chi connectivity index (χ1) is 18.9. The van der Waals surface area contributed by atoms with Crippen LogP contribution in [-0.2, 0) is 24.5 Å². The normalized spacial score (nSPS) is 11.8. The molecule has 0 bridgehead atoms. The highest BCUT2D eigenvalue weighted by atomic mass is 35.5. The molecule has 4 aromatic rings. The molecule has 0 unspecified atom stereocenters. The van der Waals surface area contributed by atoms with Crippen LogP contribution in [0.25, 0.3) is 0 Å². The number of benzene rings is 4. The Labute approximate surface area is 232 Å². The zero-order chi connectivity index (χ0) is 27.6. The van der Waals surface area contributed by atoms with E-state index in [2.05, 4.69) is 4.90 Å². The van der Waals surface area contributed by atoms with Crippen LogP contribution in [0.15, 0.2) is 97.1 Å². The summed E-state index contributed by atoms with van der Waals surface area (Å²) in [6, 6.07) is 27.9. The van der Waals surface area contributed by atoms with E-state index in [-0.39, 0.29) is 18.8 Å². The van der Waals surface area contributed by atoms with Gasteiger partial charge in [0.25, 0.3) is 0 Å². The van der Waals surface area contributed by atoms with Crippen molar-refractivity contribution in [3.63, 3.8) is 0 Å². The highest BCUT2D eigenvalue weighted by Gasteiger charge is 2.18. The smallest absolute Gasteiger partial charge is 0.320 e. The van der Waals surface area contributed by atoms with Crippen LogP contribution in [0.5, 0.6) is 17.2 Å². The second-order valence-electron chi connectivity index (χ2n) is 9.10. The molecule has 0 radical (unpaired) electrons. The molecular weight excluding hydrogens is 519 g/mol. The molecule has 0 heterocycles. The first kappa shape index (κ1) is 28.1. The molecule has 39 heavy (non-hydrogen) atoms. The van der Waals surface area contributed by atoms with Gasteiger partial charge in [0.1, 0.15) is 35.7 Å². The van der Waals surface area contributed by atoms with Gasteiger partial charge in [0.2, 0.25) is 0 Å². The highest BCUT2D eigenvalue weighted by Crippen LogP contribution is 2.29. The van der Waals surface area contributed by atoms with E-state index in [1.807, 2.05) is 48.5 Å². The summed E-state index contributed by atoms with van der Waals surface area (Å²) in [6.07, 6.45) is 0.258. The number of para-hydroxylation sites is 2. The third kappa shape index (κ3) is 8.29. The van der Waals surface area contributed by atoms with Crippen LogP contribution in [0.3, 0.4) is 0 Å². The maximum absolute atomic E-state index is 14.1. The molecule has 3 N–H and O–H groups in total. The summed E-state index contributed by atoms with van der Waals surface area (Å²) in [4.78, 5) is 13.5. The van der Waals surface area contributed by atoms with Gasteiger partial charge in [0.05, 0.1) is 0 Å². The number of ether oxygens (including phenoxy) is 2. The maximum Gasteiger partial charge on any atom is 0.320 e. The number of hydrogen-bond donors (Lipinski definition) is 2. The van der Waals surface area contributed by atoms with E-state index in [0.717, 1.165) is 11.1 Å². The standard InChI is InChI=1S/C31H30ClFN2O4/c32-25-13-15-26(16-14-25)39-30-12-6-3-8-23(30)20-35(18-17-28(34)31(36)37)19-22-7-2-5-11-29(22)38-21-24-9-1-4-10-27(24)33/h1-16,28H,17-21,34H2,(H,36,37)/t28-/m0/s1. The third-order valence-corrected chi connectivity index (χ3v) is 6.44. The zero-order valence-electron chi connectivity index (χ0n) is 21.3. The van der Waals surface area contributed by atoms with Crippen molar-refractivity contribution in [3.8, 4) is 17.2 Å². The highest BCUT2D eigenvalue weighted by molar-refractivity contribution is 6.30. The van der Waals surface area contributed by atoms with Crippen LogP contribution >= 0.6 is 11.6 Å². The number of halogens is 2. The Kier molecular flexibility index (Phi) is 9.91. The van der Waals surface area contributed by atoms with Crippen LogP contribution in [-0.4, -0.2) is 28.6 Å². The molecule has 4 aromatic carbocycles. The van der Waals surface area contributed by atoms with Gasteiger partial charge in [-0.2, -0.15) is 0 Å². The molecule has 1 atom stereocenters. The fourth-order valence-electron chi connectivity index (χ4n) is 4.05. The summed E-state index contributed by atoms with van der Waals surface area (Å²) in [5.41, 5.74) is 8.09. The van der Waals surface area contributed by atoms with Crippen molar-refractivity contribution in [2.75, 3.05) is 6.54 Å². The molecule has 0 aliphatic rings. The van der Waals surface area contributed by atoms with Crippen LogP contribution in [0.2, 0.25) is 5.02 Å². The van der Waals surface area contributed by atoms with Crippen molar-refractivity contribution in [3.05, 3.63) is 125 Å². The Morgan fingerprint density at radius 1 is 0.846 bits per heavy atom. The monoisotopic (exact) mass is 548 g/mol. The van der Waals surface area contributed by atoms with E-state index in [4.69, 9.17) is 26.8 Å². The molecule has 0 aromatic heterocycles. The summed E-state index contributed by atoms with van der Waals surface area (Å²) >= 11 is 6.01. The van der Waals surface area contributed by atoms with E-state index in [9.17, 15) is 14.3 Å². The van der Waals surface area contributed by atoms with Crippen molar-refractivity contribution < 1.29 is 23.8 Å². The van der Waals surface area contributed by atoms with E-state index in [0.29, 0.717) is 47.5 Å². The van der Waals surface area contributed by atoms with Crippen molar-refractivity contribution in [2.45, 2.75) is 32.2 Å². The largest absolute Gasteiger partial charge is 0.488 e.